The Morgan fingerprint density at radius 2 is 1.65 bits per heavy atom. The van der Waals surface area contributed by atoms with E-state index in [1.807, 2.05) is 31.2 Å². The molecular formula is C32H30O11. The minimum Gasteiger partial charge on any atom is -0.497 e. The van der Waals surface area contributed by atoms with Crippen LogP contribution in [0.4, 0.5) is 0 Å². The number of hydrogen-bond acceptors (Lipinski definition) is 10. The van der Waals surface area contributed by atoms with Gasteiger partial charge in [-0.2, -0.15) is 0 Å². The molecule has 5 rings (SSSR count). The highest BCUT2D eigenvalue weighted by Gasteiger charge is 2.58. The van der Waals surface area contributed by atoms with Crippen LogP contribution in [0.25, 0.3) is 0 Å². The predicted molar refractivity (Wildman–Crippen MR) is 151 cm³/mol. The topological polar surface area (TPSA) is 139 Å². The van der Waals surface area contributed by atoms with Crippen LogP contribution in [0.1, 0.15) is 22.3 Å². The molecule has 2 unspecified atom stereocenters. The second-order valence-corrected chi connectivity index (χ2v) is 9.77. The van der Waals surface area contributed by atoms with E-state index in [9.17, 15) is 19.8 Å². The summed E-state index contributed by atoms with van der Waals surface area (Å²) in [6, 6.07) is 17.0. The average Bonchev–Trinajstić information content (AvgIpc) is 3.66. The second-order valence-electron chi connectivity index (χ2n) is 9.77. The highest BCUT2D eigenvalue weighted by Crippen LogP contribution is 2.57. The summed E-state index contributed by atoms with van der Waals surface area (Å²) in [5.41, 5.74) is 0.583. The standard InChI is InChI=1S/C32H30O11/c1-19-5-7-20(8-6-19)31(27-16-40-18-42-27,22-13-24(38-3)30(39-4)25(14-22)41-17-28(33)34)26-15-29(35)43-32(26,36)21-9-11-23(37-2)12-10-21/h5-16,36H,17-18H2,1-4H3,(H,33,34). The number of esters is 1. The molecule has 0 spiro atoms. The molecule has 224 valence electrons. The van der Waals surface area contributed by atoms with Gasteiger partial charge in [0.15, 0.2) is 23.9 Å². The van der Waals surface area contributed by atoms with E-state index >= 15 is 0 Å². The van der Waals surface area contributed by atoms with Crippen molar-refractivity contribution in [3.63, 3.8) is 0 Å². The quantitative estimate of drug-likeness (QED) is 0.314. The molecule has 0 fully saturated rings. The first kappa shape index (κ1) is 29.3. The fourth-order valence-electron chi connectivity index (χ4n) is 5.37. The number of carbonyl (C=O) groups is 2. The number of ether oxygens (including phenoxy) is 7. The zero-order valence-electron chi connectivity index (χ0n) is 23.9. The Balaban J connectivity index is 1.88. The number of carboxylic acids is 1. The van der Waals surface area contributed by atoms with Crippen molar-refractivity contribution in [3.05, 3.63) is 107 Å². The van der Waals surface area contributed by atoms with Crippen molar-refractivity contribution in [3.8, 4) is 23.0 Å². The van der Waals surface area contributed by atoms with E-state index in [4.69, 9.17) is 33.2 Å². The van der Waals surface area contributed by atoms with Crippen LogP contribution in [-0.2, 0) is 35.0 Å². The molecule has 3 aromatic carbocycles. The number of aryl methyl sites for hydroxylation is 1. The number of carbonyl (C=O) groups excluding carboxylic acids is 1. The van der Waals surface area contributed by atoms with Crippen molar-refractivity contribution in [2.45, 2.75) is 18.1 Å². The molecule has 2 aliphatic rings. The highest BCUT2D eigenvalue weighted by atomic mass is 16.7. The monoisotopic (exact) mass is 590 g/mol. The largest absolute Gasteiger partial charge is 0.497 e. The molecule has 0 saturated carbocycles. The van der Waals surface area contributed by atoms with Gasteiger partial charge in [0, 0.05) is 17.2 Å². The Hall–Kier alpha value is -5.16. The summed E-state index contributed by atoms with van der Waals surface area (Å²) < 4.78 is 39.3. The van der Waals surface area contributed by atoms with Crippen molar-refractivity contribution < 1.29 is 53.0 Å². The van der Waals surface area contributed by atoms with Gasteiger partial charge < -0.3 is 43.4 Å². The smallest absolute Gasteiger partial charge is 0.341 e. The van der Waals surface area contributed by atoms with E-state index in [1.165, 1.54) is 33.7 Å². The fraction of sp³-hybridized carbons (Fsp3) is 0.250. The molecule has 43 heavy (non-hydrogen) atoms. The SMILES string of the molecule is COc1ccc(C2(O)OC(=O)C=C2C(C2=COCO2)(c2ccc(C)cc2)c2cc(OC)c(OC)c(OCC(=O)O)c2)cc1. The van der Waals surface area contributed by atoms with Crippen molar-refractivity contribution in [2.24, 2.45) is 0 Å². The Kier molecular flexibility index (Phi) is 7.92. The predicted octanol–water partition coefficient (Wildman–Crippen LogP) is 3.94. The maximum Gasteiger partial charge on any atom is 0.341 e. The molecule has 2 aliphatic heterocycles. The first-order valence-corrected chi connectivity index (χ1v) is 13.1. The number of rotatable bonds is 11. The van der Waals surface area contributed by atoms with Crippen LogP contribution in [0.5, 0.6) is 23.0 Å². The molecule has 0 radical (unpaired) electrons. The molecule has 2 N–H and O–H groups in total. The minimum absolute atomic E-state index is 0.0362. The maximum atomic E-state index is 13.1. The molecule has 11 heteroatoms. The molecular weight excluding hydrogens is 560 g/mol. The summed E-state index contributed by atoms with van der Waals surface area (Å²) in [7, 11) is 4.32. The van der Waals surface area contributed by atoms with E-state index in [2.05, 4.69) is 0 Å². The van der Waals surface area contributed by atoms with Gasteiger partial charge >= 0.3 is 11.9 Å². The van der Waals surface area contributed by atoms with Gasteiger partial charge in [-0.25, -0.2) is 9.59 Å². The normalized spacial score (nSPS) is 18.8. The molecule has 0 aliphatic carbocycles. The number of hydrogen-bond donors (Lipinski definition) is 2. The third-order valence-corrected chi connectivity index (χ3v) is 7.32. The first-order valence-electron chi connectivity index (χ1n) is 13.1. The zero-order valence-corrected chi connectivity index (χ0v) is 23.9. The van der Waals surface area contributed by atoms with Gasteiger partial charge in [0.1, 0.15) is 17.4 Å². The third kappa shape index (κ3) is 5.08. The van der Waals surface area contributed by atoms with Crippen LogP contribution < -0.4 is 18.9 Å². The Morgan fingerprint density at radius 1 is 0.953 bits per heavy atom. The van der Waals surface area contributed by atoms with Gasteiger partial charge in [-0.15, -0.1) is 0 Å². The molecule has 11 nitrogen and oxygen atoms in total. The Morgan fingerprint density at radius 3 is 2.23 bits per heavy atom. The summed E-state index contributed by atoms with van der Waals surface area (Å²) in [5.74, 6) is -3.20. The van der Waals surface area contributed by atoms with Gasteiger partial charge in [0.25, 0.3) is 5.79 Å². The summed E-state index contributed by atoms with van der Waals surface area (Å²) in [6.45, 7) is 1.11. The highest BCUT2D eigenvalue weighted by molar-refractivity contribution is 5.89. The number of aliphatic hydroxyl groups is 1. The molecule has 0 amide bonds. The summed E-state index contributed by atoms with van der Waals surface area (Å²) in [6.07, 6.45) is 2.60. The number of allylic oxidation sites excluding steroid dienone is 1. The lowest BCUT2D eigenvalue weighted by Gasteiger charge is -2.41. The number of cyclic esters (lactones) is 1. The van der Waals surface area contributed by atoms with E-state index in [1.54, 1.807) is 36.4 Å². The van der Waals surface area contributed by atoms with Gasteiger partial charge in [0.2, 0.25) is 12.5 Å². The first-order chi connectivity index (χ1) is 20.7. The summed E-state index contributed by atoms with van der Waals surface area (Å²) >= 11 is 0. The average molecular weight is 591 g/mol. The lowest BCUT2D eigenvalue weighted by Crippen LogP contribution is -2.43. The Bertz CT molecular complexity index is 1590. The van der Waals surface area contributed by atoms with Gasteiger partial charge in [0.05, 0.1) is 21.3 Å². The van der Waals surface area contributed by atoms with Crippen LogP contribution in [0.3, 0.4) is 0 Å². The second kappa shape index (κ2) is 11.6. The maximum absolute atomic E-state index is 13.1. The van der Waals surface area contributed by atoms with E-state index in [0.717, 1.165) is 5.56 Å². The van der Waals surface area contributed by atoms with Gasteiger partial charge in [-0.1, -0.05) is 29.8 Å². The summed E-state index contributed by atoms with van der Waals surface area (Å²) in [4.78, 5) is 24.6. The van der Waals surface area contributed by atoms with Crippen molar-refractivity contribution in [1.82, 2.24) is 0 Å². The van der Waals surface area contributed by atoms with Crippen LogP contribution >= 0.6 is 0 Å². The van der Waals surface area contributed by atoms with E-state index in [0.29, 0.717) is 16.9 Å². The van der Waals surface area contributed by atoms with Crippen LogP contribution in [-0.4, -0.2) is 56.9 Å². The number of benzene rings is 3. The lowest BCUT2D eigenvalue weighted by molar-refractivity contribution is -0.187. The molecule has 0 saturated heterocycles. The zero-order chi connectivity index (χ0) is 30.8. The minimum atomic E-state index is -2.30. The van der Waals surface area contributed by atoms with E-state index < -0.39 is 29.7 Å². The number of methoxy groups -OCH3 is 3. The third-order valence-electron chi connectivity index (χ3n) is 7.32. The van der Waals surface area contributed by atoms with Crippen molar-refractivity contribution in [2.75, 3.05) is 34.7 Å². The Labute approximate surface area is 247 Å². The van der Waals surface area contributed by atoms with Crippen LogP contribution in [0.15, 0.2) is 84.3 Å². The van der Waals surface area contributed by atoms with Gasteiger partial charge in [-0.05, 0) is 54.4 Å². The molecule has 0 aromatic heterocycles. The van der Waals surface area contributed by atoms with Crippen LogP contribution in [0, 0.1) is 6.92 Å². The molecule has 0 bridgehead atoms. The molecule has 3 aromatic rings. The molecule has 2 atom stereocenters. The summed E-state index contributed by atoms with van der Waals surface area (Å²) in [5, 5.41) is 21.7. The van der Waals surface area contributed by atoms with Crippen molar-refractivity contribution in [1.29, 1.82) is 0 Å². The van der Waals surface area contributed by atoms with E-state index in [-0.39, 0.29) is 40.9 Å². The number of carboxylic acid groups (broad SMARTS) is 1. The lowest BCUT2D eigenvalue weighted by atomic mass is 9.64. The fourth-order valence-corrected chi connectivity index (χ4v) is 5.37. The van der Waals surface area contributed by atoms with Crippen molar-refractivity contribution >= 4 is 11.9 Å². The number of aliphatic carboxylic acids is 1. The van der Waals surface area contributed by atoms with Gasteiger partial charge in [-0.3, -0.25) is 0 Å². The molecule has 2 heterocycles. The van der Waals surface area contributed by atoms with Crippen LogP contribution in [0.2, 0.25) is 0 Å².